The highest BCUT2D eigenvalue weighted by Gasteiger charge is 2.13. The van der Waals surface area contributed by atoms with Crippen molar-refractivity contribution in [3.05, 3.63) is 55.3 Å². The number of rotatable bonds is 3. The fourth-order valence-electron chi connectivity index (χ4n) is 1.64. The maximum atomic E-state index is 5.65. The van der Waals surface area contributed by atoms with E-state index in [1.165, 1.54) is 18.9 Å². The van der Waals surface area contributed by atoms with Gasteiger partial charge in [0, 0.05) is 13.3 Å². The van der Waals surface area contributed by atoms with Crippen LogP contribution in [0, 0.1) is 10.5 Å². The second kappa shape index (κ2) is 5.27. The number of benzene rings is 1. The molecular weight excluding hydrogens is 331 g/mol. The Morgan fingerprint density at radius 1 is 1.31 bits per heavy atom. The lowest BCUT2D eigenvalue weighted by molar-refractivity contribution is 0.646. The molecule has 0 fully saturated rings. The molecule has 16 heavy (non-hydrogen) atoms. The van der Waals surface area contributed by atoms with Gasteiger partial charge in [0.15, 0.2) is 0 Å². The van der Waals surface area contributed by atoms with Gasteiger partial charge in [0.25, 0.3) is 0 Å². The summed E-state index contributed by atoms with van der Waals surface area (Å²) in [6.45, 7) is 2.11. The molecule has 0 saturated carbocycles. The second-order valence-electron chi connectivity index (χ2n) is 3.60. The topological polar surface area (TPSA) is 38.0 Å². The minimum Gasteiger partial charge on any atom is -0.271 e. The zero-order valence-corrected chi connectivity index (χ0v) is 11.9. The average molecular weight is 344 g/mol. The molecule has 0 amide bonds. The van der Waals surface area contributed by atoms with Gasteiger partial charge in [-0.1, -0.05) is 12.1 Å². The van der Waals surface area contributed by atoms with E-state index in [4.69, 9.17) is 5.84 Å². The van der Waals surface area contributed by atoms with Crippen LogP contribution in [0.15, 0.2) is 36.4 Å². The van der Waals surface area contributed by atoms with Crippen LogP contribution in [0.25, 0.3) is 0 Å². The van der Waals surface area contributed by atoms with Crippen LogP contribution in [0.4, 0.5) is 0 Å². The highest BCUT2D eigenvalue weighted by Crippen LogP contribution is 2.28. The van der Waals surface area contributed by atoms with Crippen molar-refractivity contribution in [2.24, 2.45) is 5.84 Å². The molecule has 0 bridgehead atoms. The van der Waals surface area contributed by atoms with Gasteiger partial charge in [0.05, 0.1) is 6.04 Å². The van der Waals surface area contributed by atoms with Crippen LogP contribution < -0.4 is 11.3 Å². The zero-order valence-electron chi connectivity index (χ0n) is 8.91. The SMILES string of the molecule is Cc1ccc(C(NN)c2cccc(I)c2)s1. The van der Waals surface area contributed by atoms with Gasteiger partial charge >= 0.3 is 0 Å². The van der Waals surface area contributed by atoms with Crippen molar-refractivity contribution in [1.29, 1.82) is 0 Å². The van der Waals surface area contributed by atoms with Crippen LogP contribution in [0.1, 0.15) is 21.4 Å². The van der Waals surface area contributed by atoms with E-state index in [0.29, 0.717) is 0 Å². The zero-order chi connectivity index (χ0) is 11.5. The first-order valence-electron chi connectivity index (χ1n) is 4.98. The quantitative estimate of drug-likeness (QED) is 0.510. The Labute approximate surface area is 113 Å². The molecule has 1 atom stereocenters. The number of hydrazine groups is 1. The van der Waals surface area contributed by atoms with E-state index >= 15 is 0 Å². The number of halogens is 1. The minimum absolute atomic E-state index is 0.0911. The van der Waals surface area contributed by atoms with E-state index in [0.717, 1.165) is 0 Å². The van der Waals surface area contributed by atoms with E-state index in [1.807, 2.05) is 0 Å². The maximum absolute atomic E-state index is 5.65. The Hall–Kier alpha value is -0.430. The van der Waals surface area contributed by atoms with Crippen molar-refractivity contribution in [1.82, 2.24) is 5.43 Å². The molecule has 1 aromatic heterocycles. The number of nitrogens with two attached hydrogens (primary N) is 1. The summed E-state index contributed by atoms with van der Waals surface area (Å²) in [5.74, 6) is 5.65. The van der Waals surface area contributed by atoms with Gasteiger partial charge in [-0.2, -0.15) is 0 Å². The van der Waals surface area contributed by atoms with Gasteiger partial charge < -0.3 is 0 Å². The summed E-state index contributed by atoms with van der Waals surface area (Å²) < 4.78 is 1.23. The first kappa shape index (κ1) is 12.0. The van der Waals surface area contributed by atoms with Gasteiger partial charge in [0.2, 0.25) is 0 Å². The van der Waals surface area contributed by atoms with Crippen LogP contribution >= 0.6 is 33.9 Å². The lowest BCUT2D eigenvalue weighted by atomic mass is 10.1. The molecule has 3 N–H and O–H groups in total. The van der Waals surface area contributed by atoms with E-state index in [9.17, 15) is 0 Å². The van der Waals surface area contributed by atoms with Crippen molar-refractivity contribution in [3.63, 3.8) is 0 Å². The Balaban J connectivity index is 2.36. The monoisotopic (exact) mass is 344 g/mol. The molecule has 0 aliphatic carbocycles. The summed E-state index contributed by atoms with van der Waals surface area (Å²) >= 11 is 4.09. The minimum atomic E-state index is 0.0911. The Morgan fingerprint density at radius 2 is 2.12 bits per heavy atom. The van der Waals surface area contributed by atoms with Crippen LogP contribution in [0.5, 0.6) is 0 Å². The number of hydrogen-bond donors (Lipinski definition) is 2. The molecule has 1 unspecified atom stereocenters. The molecule has 2 rings (SSSR count). The van der Waals surface area contributed by atoms with Crippen LogP contribution in [-0.4, -0.2) is 0 Å². The van der Waals surface area contributed by atoms with E-state index in [2.05, 4.69) is 71.3 Å². The summed E-state index contributed by atoms with van der Waals surface area (Å²) in [5, 5.41) is 0. The molecule has 84 valence electrons. The molecular formula is C12H13IN2S. The summed E-state index contributed by atoms with van der Waals surface area (Å²) in [4.78, 5) is 2.56. The van der Waals surface area contributed by atoms with E-state index < -0.39 is 0 Å². The molecule has 2 nitrogen and oxygen atoms in total. The van der Waals surface area contributed by atoms with E-state index in [1.54, 1.807) is 11.3 Å². The molecule has 1 aromatic carbocycles. The number of aryl methyl sites for hydroxylation is 1. The summed E-state index contributed by atoms with van der Waals surface area (Å²) in [7, 11) is 0. The van der Waals surface area contributed by atoms with Gasteiger partial charge in [-0.15, -0.1) is 11.3 Å². The van der Waals surface area contributed by atoms with Crippen molar-refractivity contribution < 1.29 is 0 Å². The highest BCUT2D eigenvalue weighted by atomic mass is 127. The van der Waals surface area contributed by atoms with Crippen molar-refractivity contribution >= 4 is 33.9 Å². The molecule has 0 spiro atoms. The average Bonchev–Trinajstić information content (AvgIpc) is 2.66. The third kappa shape index (κ3) is 2.63. The Morgan fingerprint density at radius 3 is 2.69 bits per heavy atom. The Kier molecular flexibility index (Phi) is 3.96. The molecule has 0 saturated heterocycles. The lowest BCUT2D eigenvalue weighted by Crippen LogP contribution is -2.28. The van der Waals surface area contributed by atoms with Crippen molar-refractivity contribution in [2.45, 2.75) is 13.0 Å². The standard InChI is InChI=1S/C12H13IN2S/c1-8-5-6-11(16-8)12(15-14)9-3-2-4-10(13)7-9/h2-7,12,15H,14H2,1H3. The van der Waals surface area contributed by atoms with Crippen molar-refractivity contribution in [3.8, 4) is 0 Å². The maximum Gasteiger partial charge on any atom is 0.0803 e. The predicted molar refractivity (Wildman–Crippen MR) is 77.4 cm³/mol. The van der Waals surface area contributed by atoms with Crippen LogP contribution in [0.3, 0.4) is 0 Å². The number of thiophene rings is 1. The molecule has 2 aromatic rings. The highest BCUT2D eigenvalue weighted by molar-refractivity contribution is 14.1. The van der Waals surface area contributed by atoms with Gasteiger partial charge in [-0.3, -0.25) is 5.84 Å². The van der Waals surface area contributed by atoms with Crippen LogP contribution in [0.2, 0.25) is 0 Å². The summed E-state index contributed by atoms with van der Waals surface area (Å²) in [5.41, 5.74) is 4.09. The lowest BCUT2D eigenvalue weighted by Gasteiger charge is -2.14. The Bertz CT molecular complexity index is 481. The van der Waals surface area contributed by atoms with Crippen molar-refractivity contribution in [2.75, 3.05) is 0 Å². The largest absolute Gasteiger partial charge is 0.271 e. The number of nitrogens with one attached hydrogen (secondary N) is 1. The summed E-state index contributed by atoms with van der Waals surface area (Å²) in [6, 6.07) is 12.7. The fourth-order valence-corrected chi connectivity index (χ4v) is 3.17. The first-order chi connectivity index (χ1) is 7.70. The van der Waals surface area contributed by atoms with Gasteiger partial charge in [0.1, 0.15) is 0 Å². The van der Waals surface area contributed by atoms with Gasteiger partial charge in [-0.25, -0.2) is 5.43 Å². The smallest absolute Gasteiger partial charge is 0.0803 e. The number of hydrogen-bond acceptors (Lipinski definition) is 3. The predicted octanol–water partition coefficient (Wildman–Crippen LogP) is 3.21. The van der Waals surface area contributed by atoms with E-state index in [-0.39, 0.29) is 6.04 Å². The molecule has 0 aliphatic rings. The molecule has 1 heterocycles. The van der Waals surface area contributed by atoms with Crippen LogP contribution in [-0.2, 0) is 0 Å². The molecule has 0 aliphatic heterocycles. The third-order valence-corrected chi connectivity index (χ3v) is 4.13. The normalized spacial score (nSPS) is 12.7. The third-order valence-electron chi connectivity index (χ3n) is 2.39. The molecule has 4 heteroatoms. The first-order valence-corrected chi connectivity index (χ1v) is 6.88. The van der Waals surface area contributed by atoms with Gasteiger partial charge in [-0.05, 0) is 59.3 Å². The molecule has 0 radical (unpaired) electrons. The summed E-state index contributed by atoms with van der Waals surface area (Å²) in [6.07, 6.45) is 0. The second-order valence-corrected chi connectivity index (χ2v) is 6.17. The fraction of sp³-hybridized carbons (Fsp3) is 0.167.